The van der Waals surface area contributed by atoms with Gasteiger partial charge in [-0.3, -0.25) is 9.36 Å². The molecule has 0 unspecified atom stereocenters. The Morgan fingerprint density at radius 1 is 1.00 bits per heavy atom. The number of benzene rings is 2. The van der Waals surface area contributed by atoms with E-state index in [1.807, 2.05) is 42.5 Å². The maximum atomic E-state index is 12.9. The predicted molar refractivity (Wildman–Crippen MR) is 117 cm³/mol. The quantitative estimate of drug-likeness (QED) is 0.556. The van der Waals surface area contributed by atoms with E-state index in [0.717, 1.165) is 5.56 Å². The second kappa shape index (κ2) is 9.48. The normalized spacial score (nSPS) is 11.2. The van der Waals surface area contributed by atoms with E-state index >= 15 is 0 Å². The van der Waals surface area contributed by atoms with Crippen LogP contribution in [-0.4, -0.2) is 29.9 Å². The molecule has 0 spiro atoms. The van der Waals surface area contributed by atoms with Crippen molar-refractivity contribution in [3.05, 3.63) is 76.8 Å². The highest BCUT2D eigenvalue weighted by atomic mass is 16.5. The summed E-state index contributed by atoms with van der Waals surface area (Å²) in [6, 6.07) is 15.4. The van der Waals surface area contributed by atoms with Gasteiger partial charge < -0.3 is 14.2 Å². The molecule has 0 atom stereocenters. The van der Waals surface area contributed by atoms with Crippen molar-refractivity contribution in [2.24, 2.45) is 5.41 Å². The van der Waals surface area contributed by atoms with Crippen molar-refractivity contribution in [1.29, 1.82) is 0 Å². The number of nitrogens with zero attached hydrogens (tertiary/aromatic N) is 2. The van der Waals surface area contributed by atoms with Crippen molar-refractivity contribution in [2.75, 3.05) is 20.3 Å². The largest absolute Gasteiger partial charge is 0.493 e. The third-order valence-electron chi connectivity index (χ3n) is 4.37. The average Bonchev–Trinajstić information content (AvgIpc) is 2.73. The van der Waals surface area contributed by atoms with Gasteiger partial charge in [-0.1, -0.05) is 51.1 Å². The molecule has 0 aliphatic rings. The van der Waals surface area contributed by atoms with E-state index < -0.39 is 0 Å². The van der Waals surface area contributed by atoms with Crippen LogP contribution in [0.15, 0.2) is 65.7 Å². The van der Waals surface area contributed by atoms with Crippen LogP contribution in [0.5, 0.6) is 17.4 Å². The van der Waals surface area contributed by atoms with Crippen LogP contribution in [0, 0.1) is 5.41 Å². The summed E-state index contributed by atoms with van der Waals surface area (Å²) in [6.45, 7) is 7.23. The fourth-order valence-corrected chi connectivity index (χ4v) is 2.83. The van der Waals surface area contributed by atoms with Crippen molar-refractivity contribution in [3.63, 3.8) is 0 Å². The Bertz CT molecular complexity index is 1020. The van der Waals surface area contributed by atoms with Gasteiger partial charge in [0.2, 0.25) is 0 Å². The maximum absolute atomic E-state index is 12.9. The molecule has 0 aliphatic heterocycles. The highest BCUT2D eigenvalue weighted by Crippen LogP contribution is 2.30. The smallest absolute Gasteiger partial charge is 0.317 e. The molecule has 1 aromatic heterocycles. The van der Waals surface area contributed by atoms with Gasteiger partial charge in [0, 0.05) is 24.9 Å². The van der Waals surface area contributed by atoms with E-state index in [1.54, 1.807) is 25.6 Å². The molecule has 30 heavy (non-hydrogen) atoms. The number of methoxy groups -OCH3 is 1. The van der Waals surface area contributed by atoms with Gasteiger partial charge in [-0.2, -0.15) is 0 Å². The van der Waals surface area contributed by atoms with Crippen LogP contribution in [0.25, 0.3) is 5.69 Å². The summed E-state index contributed by atoms with van der Waals surface area (Å²) in [5, 5.41) is 0. The molecule has 0 bridgehead atoms. The second-order valence-corrected chi connectivity index (χ2v) is 8.18. The molecule has 0 amide bonds. The lowest BCUT2D eigenvalue weighted by Gasteiger charge is -2.20. The van der Waals surface area contributed by atoms with Crippen LogP contribution >= 0.6 is 0 Å². The van der Waals surface area contributed by atoms with E-state index in [2.05, 4.69) is 25.8 Å². The van der Waals surface area contributed by atoms with Gasteiger partial charge in [-0.25, -0.2) is 4.98 Å². The van der Waals surface area contributed by atoms with Crippen LogP contribution < -0.4 is 19.8 Å². The summed E-state index contributed by atoms with van der Waals surface area (Å²) in [6.07, 6.45) is 3.86. The minimum Gasteiger partial charge on any atom is -0.493 e. The molecule has 3 rings (SSSR count). The van der Waals surface area contributed by atoms with Crippen LogP contribution in [0.4, 0.5) is 0 Å². The molecule has 0 radical (unpaired) electrons. The molecule has 0 fully saturated rings. The predicted octanol–water partition coefficient (Wildman–Crippen LogP) is 4.29. The first-order valence-corrected chi connectivity index (χ1v) is 9.93. The fraction of sp³-hybridized carbons (Fsp3) is 0.333. The first kappa shape index (κ1) is 21.4. The van der Waals surface area contributed by atoms with Crippen LogP contribution in [0.2, 0.25) is 0 Å². The van der Waals surface area contributed by atoms with Gasteiger partial charge in [-0.15, -0.1) is 0 Å². The standard InChI is InChI=1S/C24H28N2O4/c1-24(2,3)17-30-20-11-10-19(16-21(20)28-4)26-14-13-25-22(23(26)27)29-15-12-18-8-6-5-7-9-18/h5-11,13-14,16H,12,15,17H2,1-4H3. The zero-order valence-corrected chi connectivity index (χ0v) is 17.9. The van der Waals surface area contributed by atoms with Crippen molar-refractivity contribution in [1.82, 2.24) is 9.55 Å². The molecule has 1 heterocycles. The molecular weight excluding hydrogens is 380 g/mol. The molecule has 0 saturated carbocycles. The second-order valence-electron chi connectivity index (χ2n) is 8.18. The van der Waals surface area contributed by atoms with Crippen molar-refractivity contribution < 1.29 is 14.2 Å². The van der Waals surface area contributed by atoms with Gasteiger partial charge in [0.1, 0.15) is 0 Å². The molecular formula is C24H28N2O4. The van der Waals surface area contributed by atoms with Gasteiger partial charge >= 0.3 is 5.56 Å². The Hall–Kier alpha value is -3.28. The summed E-state index contributed by atoms with van der Waals surface area (Å²) < 4.78 is 18.5. The van der Waals surface area contributed by atoms with E-state index in [-0.39, 0.29) is 16.9 Å². The number of ether oxygens (including phenoxy) is 3. The zero-order chi connectivity index (χ0) is 21.6. The van der Waals surface area contributed by atoms with E-state index in [0.29, 0.717) is 36.8 Å². The Morgan fingerprint density at radius 3 is 2.47 bits per heavy atom. The van der Waals surface area contributed by atoms with Crippen molar-refractivity contribution in [2.45, 2.75) is 27.2 Å². The number of aromatic nitrogens is 2. The summed E-state index contributed by atoms with van der Waals surface area (Å²) >= 11 is 0. The molecule has 3 aromatic rings. The summed E-state index contributed by atoms with van der Waals surface area (Å²) in [5.41, 5.74) is 1.49. The third-order valence-corrected chi connectivity index (χ3v) is 4.37. The molecule has 0 N–H and O–H groups in total. The fourth-order valence-electron chi connectivity index (χ4n) is 2.83. The highest BCUT2D eigenvalue weighted by Gasteiger charge is 2.15. The first-order chi connectivity index (χ1) is 14.4. The minimum absolute atomic E-state index is 0.0255. The SMILES string of the molecule is COc1cc(-n2ccnc(OCCc3ccccc3)c2=O)ccc1OCC(C)(C)C. The maximum Gasteiger partial charge on any atom is 0.317 e. The zero-order valence-electron chi connectivity index (χ0n) is 17.9. The molecule has 6 nitrogen and oxygen atoms in total. The van der Waals surface area contributed by atoms with Crippen molar-refractivity contribution in [3.8, 4) is 23.1 Å². The van der Waals surface area contributed by atoms with Gasteiger partial charge in [-0.05, 0) is 23.1 Å². The number of hydrogen-bond acceptors (Lipinski definition) is 5. The summed E-state index contributed by atoms with van der Waals surface area (Å²) in [5.74, 6) is 1.27. The average molecular weight is 408 g/mol. The monoisotopic (exact) mass is 408 g/mol. The third kappa shape index (κ3) is 5.63. The molecule has 0 saturated heterocycles. The van der Waals surface area contributed by atoms with Crippen LogP contribution in [-0.2, 0) is 6.42 Å². The first-order valence-electron chi connectivity index (χ1n) is 9.93. The summed E-state index contributed by atoms with van der Waals surface area (Å²) in [7, 11) is 1.58. The lowest BCUT2D eigenvalue weighted by Crippen LogP contribution is -2.22. The van der Waals surface area contributed by atoms with E-state index in [1.165, 1.54) is 4.57 Å². The number of hydrogen-bond donors (Lipinski definition) is 0. The van der Waals surface area contributed by atoms with Gasteiger partial charge in [0.25, 0.3) is 5.88 Å². The Labute approximate surface area is 177 Å². The van der Waals surface area contributed by atoms with Gasteiger partial charge in [0.15, 0.2) is 11.5 Å². The Balaban J connectivity index is 1.77. The van der Waals surface area contributed by atoms with Crippen LogP contribution in [0.3, 0.4) is 0 Å². The van der Waals surface area contributed by atoms with Gasteiger partial charge in [0.05, 0.1) is 26.0 Å². The minimum atomic E-state index is -0.323. The lowest BCUT2D eigenvalue weighted by atomic mass is 9.99. The van der Waals surface area contributed by atoms with Crippen LogP contribution in [0.1, 0.15) is 26.3 Å². The molecule has 6 heteroatoms. The molecule has 0 aliphatic carbocycles. The van der Waals surface area contributed by atoms with E-state index in [9.17, 15) is 4.79 Å². The Morgan fingerprint density at radius 2 is 1.77 bits per heavy atom. The molecule has 2 aromatic carbocycles. The lowest BCUT2D eigenvalue weighted by molar-refractivity contribution is 0.191. The topological polar surface area (TPSA) is 62.6 Å². The number of rotatable bonds is 8. The molecule has 158 valence electrons. The summed E-state index contributed by atoms with van der Waals surface area (Å²) in [4.78, 5) is 17.0. The van der Waals surface area contributed by atoms with E-state index in [4.69, 9.17) is 14.2 Å². The van der Waals surface area contributed by atoms with Crippen molar-refractivity contribution >= 4 is 0 Å². The Kier molecular flexibility index (Phi) is 6.77. The highest BCUT2D eigenvalue weighted by molar-refractivity contribution is 5.49.